The van der Waals surface area contributed by atoms with E-state index in [0.717, 1.165) is 11.1 Å². The lowest BCUT2D eigenvalue weighted by atomic mass is 9.68. The topological polar surface area (TPSA) is 157 Å². The molecule has 2 N–H and O–H groups in total. The number of hydrogen-bond donors (Lipinski definition) is 2. The van der Waals surface area contributed by atoms with Crippen molar-refractivity contribution in [1.29, 1.82) is 0 Å². The monoisotopic (exact) mass is 718 g/mol. The summed E-state index contributed by atoms with van der Waals surface area (Å²) in [6, 6.07) is 19.7. The Morgan fingerprint density at radius 3 is 2.35 bits per heavy atom. The Labute approximate surface area is 295 Å². The van der Waals surface area contributed by atoms with Crippen molar-refractivity contribution in [2.24, 2.45) is 5.41 Å². The number of benzene rings is 3. The molecule has 0 spiro atoms. The van der Waals surface area contributed by atoms with Crippen LogP contribution in [-0.2, 0) is 44.3 Å². The average Bonchev–Trinajstić information content (AvgIpc) is 3.36. The summed E-state index contributed by atoms with van der Waals surface area (Å²) in [6.45, 7) is 3.02. The first-order valence-electron chi connectivity index (χ1n) is 16.5. The van der Waals surface area contributed by atoms with Gasteiger partial charge in [-0.2, -0.15) is 8.42 Å². The summed E-state index contributed by atoms with van der Waals surface area (Å²) in [5.41, 5.74) is -0.998. The van der Waals surface area contributed by atoms with Gasteiger partial charge in [0.15, 0.2) is 5.69 Å². The van der Waals surface area contributed by atoms with Crippen molar-refractivity contribution < 1.29 is 36.4 Å². The molecule has 3 aromatic carbocycles. The first-order chi connectivity index (χ1) is 24.2. The van der Waals surface area contributed by atoms with Gasteiger partial charge in [0.05, 0.1) is 11.5 Å². The summed E-state index contributed by atoms with van der Waals surface area (Å²) in [5.74, 6) is -2.08. The van der Waals surface area contributed by atoms with Crippen LogP contribution < -0.4 is 10.9 Å². The predicted octanol–water partition coefficient (Wildman–Crippen LogP) is 5.08. The maximum absolute atomic E-state index is 14.0. The smallest absolute Gasteiger partial charge is 0.410 e. The fourth-order valence-electron chi connectivity index (χ4n) is 6.84. The molecule has 2 aliphatic heterocycles. The van der Waals surface area contributed by atoms with Crippen LogP contribution in [0.3, 0.4) is 0 Å². The fourth-order valence-corrected chi connectivity index (χ4v) is 7.85. The minimum Gasteiger partial charge on any atom is -0.501 e. The molecule has 0 unspecified atom stereocenters. The summed E-state index contributed by atoms with van der Waals surface area (Å²) >= 11 is 0. The molecular weight excluding hydrogens is 679 g/mol. The molecule has 1 saturated carbocycles. The molecule has 7 rings (SSSR count). The molecule has 2 bridgehead atoms. The van der Waals surface area contributed by atoms with Gasteiger partial charge in [-0.25, -0.2) is 14.2 Å². The maximum Gasteiger partial charge on any atom is 0.410 e. The number of aromatic nitrogens is 2. The number of fused-ring (bicyclic) bond motifs is 2. The Hall–Kier alpha value is -5.08. The molecule has 0 radical (unpaired) electrons. The van der Waals surface area contributed by atoms with Crippen LogP contribution in [0.15, 0.2) is 82.5 Å². The maximum atomic E-state index is 14.0. The van der Waals surface area contributed by atoms with Gasteiger partial charge in [0.25, 0.3) is 21.6 Å². The number of nitrogens with one attached hydrogen (secondary N) is 1. The second-order valence-electron chi connectivity index (χ2n) is 13.5. The highest BCUT2D eigenvalue weighted by Crippen LogP contribution is 2.52. The van der Waals surface area contributed by atoms with E-state index in [-0.39, 0.29) is 49.9 Å². The second-order valence-corrected chi connectivity index (χ2v) is 15.1. The Balaban J connectivity index is 1.34. The van der Waals surface area contributed by atoms with E-state index >= 15 is 0 Å². The number of aryl methyl sites for hydroxylation is 2. The number of amides is 2. The van der Waals surface area contributed by atoms with Gasteiger partial charge in [-0.15, -0.1) is 0 Å². The van der Waals surface area contributed by atoms with Gasteiger partial charge in [-0.1, -0.05) is 60.2 Å². The van der Waals surface area contributed by atoms with Gasteiger partial charge in [0.2, 0.25) is 5.75 Å². The van der Waals surface area contributed by atoms with Crippen molar-refractivity contribution in [2.45, 2.75) is 69.7 Å². The number of aromatic hydroxyl groups is 1. The van der Waals surface area contributed by atoms with Crippen molar-refractivity contribution in [3.8, 4) is 5.75 Å². The highest BCUT2D eigenvalue weighted by Gasteiger charge is 2.54. The van der Waals surface area contributed by atoms with Gasteiger partial charge in [-0.05, 0) is 74.4 Å². The van der Waals surface area contributed by atoms with Crippen molar-refractivity contribution in [1.82, 2.24) is 19.8 Å². The number of ether oxygens (including phenoxy) is 1. The standard InChI is InChI=1S/C37H39FN4O8S/c1-24-9-12-28(13-10-24)51(47,48)50-23-36-15-17-37(18-16-36,41(3)35(46)49-21-26-7-5-4-6-8-26)34-40-30(31(43)33(45)42(34)22-36)32(44)39-20-27-11-14-29(38)25(2)19-27/h4-14,19,43H,15-18,20-23H2,1-3H3,(H,39,44). The summed E-state index contributed by atoms with van der Waals surface area (Å²) in [5, 5.41) is 13.7. The van der Waals surface area contributed by atoms with E-state index in [1.54, 1.807) is 25.1 Å². The highest BCUT2D eigenvalue weighted by molar-refractivity contribution is 7.86. The van der Waals surface area contributed by atoms with Crippen LogP contribution in [0.5, 0.6) is 5.75 Å². The van der Waals surface area contributed by atoms with Gasteiger partial charge in [0.1, 0.15) is 23.8 Å². The van der Waals surface area contributed by atoms with Gasteiger partial charge in [0, 0.05) is 25.6 Å². The van der Waals surface area contributed by atoms with Crippen LogP contribution in [0.2, 0.25) is 0 Å². The van der Waals surface area contributed by atoms with Crippen LogP contribution in [0, 0.1) is 25.1 Å². The summed E-state index contributed by atoms with van der Waals surface area (Å²) in [6.07, 6.45) is 0.400. The molecule has 3 aliphatic rings. The van der Waals surface area contributed by atoms with Crippen LogP contribution in [-0.4, -0.2) is 53.6 Å². The molecule has 0 saturated heterocycles. The SMILES string of the molecule is Cc1ccc(S(=O)(=O)OCC23CCC(N(C)C(=O)OCc4ccccc4)(CC2)c2nc(C(=O)NCc4ccc(F)c(C)c4)c(O)c(=O)n2C3)cc1. The lowest BCUT2D eigenvalue weighted by Gasteiger charge is -2.45. The number of halogens is 1. The van der Waals surface area contributed by atoms with Crippen molar-refractivity contribution in [3.63, 3.8) is 0 Å². The molecule has 1 aliphatic carbocycles. The van der Waals surface area contributed by atoms with Crippen molar-refractivity contribution >= 4 is 22.1 Å². The Kier molecular flexibility index (Phi) is 9.75. The highest BCUT2D eigenvalue weighted by atomic mass is 32.2. The third kappa shape index (κ3) is 7.10. The minimum atomic E-state index is -4.16. The first kappa shape index (κ1) is 35.7. The largest absolute Gasteiger partial charge is 0.501 e. The molecule has 2 amide bonds. The Morgan fingerprint density at radius 2 is 1.69 bits per heavy atom. The lowest BCUT2D eigenvalue weighted by molar-refractivity contribution is 0.00220. The molecule has 1 fully saturated rings. The zero-order valence-corrected chi connectivity index (χ0v) is 29.3. The van der Waals surface area contributed by atoms with Gasteiger partial charge in [-0.3, -0.25) is 23.2 Å². The van der Waals surface area contributed by atoms with Crippen LogP contribution in [0.25, 0.3) is 0 Å². The Bertz CT molecular complexity index is 2130. The molecular formula is C37H39FN4O8S. The van der Waals surface area contributed by atoms with Gasteiger partial charge < -0.3 is 15.2 Å². The number of carbonyl (C=O) groups excluding carboxylic acids is 2. The molecule has 0 atom stereocenters. The number of carbonyl (C=O) groups is 2. The minimum absolute atomic E-state index is 0.00694. The van der Waals surface area contributed by atoms with E-state index in [4.69, 9.17) is 8.92 Å². The quantitative estimate of drug-likeness (QED) is 0.214. The molecule has 268 valence electrons. The Morgan fingerprint density at radius 1 is 1.00 bits per heavy atom. The second kappa shape index (κ2) is 13.9. The van der Waals surface area contributed by atoms with Gasteiger partial charge >= 0.3 is 6.09 Å². The lowest BCUT2D eigenvalue weighted by Crippen LogP contribution is -2.51. The average molecular weight is 719 g/mol. The molecule has 12 nitrogen and oxygen atoms in total. The normalized spacial score (nSPS) is 19.5. The molecule has 3 heterocycles. The van der Waals surface area contributed by atoms with E-state index < -0.39 is 55.9 Å². The van der Waals surface area contributed by atoms with Crippen molar-refractivity contribution in [3.05, 3.63) is 123 Å². The predicted molar refractivity (Wildman–Crippen MR) is 184 cm³/mol. The molecule has 1 aromatic heterocycles. The number of rotatable bonds is 10. The molecule has 14 heteroatoms. The summed E-state index contributed by atoms with van der Waals surface area (Å²) < 4.78 is 52.7. The molecule has 4 aromatic rings. The van der Waals surface area contributed by atoms with Crippen LogP contribution in [0.4, 0.5) is 9.18 Å². The van der Waals surface area contributed by atoms with E-state index in [2.05, 4.69) is 10.3 Å². The number of hydrogen-bond acceptors (Lipinski definition) is 9. The first-order valence-corrected chi connectivity index (χ1v) is 17.9. The third-order valence-corrected chi connectivity index (χ3v) is 11.3. The zero-order valence-electron chi connectivity index (χ0n) is 28.5. The van der Waals surface area contributed by atoms with Crippen LogP contribution >= 0.6 is 0 Å². The summed E-state index contributed by atoms with van der Waals surface area (Å²) in [4.78, 5) is 47.0. The van der Waals surface area contributed by atoms with Crippen LogP contribution in [0.1, 0.15) is 64.2 Å². The molecule has 51 heavy (non-hydrogen) atoms. The third-order valence-electron chi connectivity index (χ3n) is 10.0. The zero-order chi connectivity index (χ0) is 36.6. The van der Waals surface area contributed by atoms with E-state index in [1.807, 2.05) is 37.3 Å². The van der Waals surface area contributed by atoms with Crippen molar-refractivity contribution in [2.75, 3.05) is 13.7 Å². The fraction of sp³-hybridized carbons (Fsp3) is 0.351. The summed E-state index contributed by atoms with van der Waals surface area (Å²) in [7, 11) is -2.62. The van der Waals surface area contributed by atoms with E-state index in [9.17, 15) is 32.3 Å². The van der Waals surface area contributed by atoms with E-state index in [1.165, 1.54) is 40.8 Å². The number of nitrogens with zero attached hydrogens (tertiary/aromatic N) is 3. The van der Waals surface area contributed by atoms with E-state index in [0.29, 0.717) is 24.0 Å².